The first-order chi connectivity index (χ1) is 9.00. The zero-order valence-electron chi connectivity index (χ0n) is 12.8. The second-order valence-electron chi connectivity index (χ2n) is 6.90. The molecule has 1 fully saturated rings. The van der Waals surface area contributed by atoms with Crippen molar-refractivity contribution in [2.45, 2.75) is 64.8 Å². The average Bonchev–Trinajstić information content (AvgIpc) is 2.55. The van der Waals surface area contributed by atoms with E-state index in [0.717, 1.165) is 18.3 Å². The molecule has 2 atom stereocenters. The molecule has 1 aromatic carbocycles. The number of nitrogens with two attached hydrogens (primary N) is 1. The summed E-state index contributed by atoms with van der Waals surface area (Å²) in [6.07, 6.45) is 7.38. The van der Waals surface area contributed by atoms with Gasteiger partial charge in [-0.2, -0.15) is 0 Å². The van der Waals surface area contributed by atoms with Crippen molar-refractivity contribution in [3.8, 4) is 0 Å². The fraction of sp³-hybridized carbons (Fsp3) is 0.667. The number of benzene rings is 1. The van der Waals surface area contributed by atoms with Crippen molar-refractivity contribution in [1.29, 1.82) is 0 Å². The van der Waals surface area contributed by atoms with Gasteiger partial charge in [0.05, 0.1) is 0 Å². The fourth-order valence-electron chi connectivity index (χ4n) is 3.49. The van der Waals surface area contributed by atoms with E-state index in [2.05, 4.69) is 45.0 Å². The van der Waals surface area contributed by atoms with Crippen LogP contribution in [0.1, 0.15) is 57.1 Å². The third-order valence-electron chi connectivity index (χ3n) is 5.01. The standard InChI is InChI=1S/C18H29N/c1-14(2)16-9-6-11-18(19,12-10-16)13-17-8-5-4-7-15(17)3/h4-5,7-8,14,16H,6,9-13,19H2,1-3H3. The Labute approximate surface area is 118 Å². The number of aryl methyl sites for hydroxylation is 1. The van der Waals surface area contributed by atoms with Crippen LogP contribution in [0.2, 0.25) is 0 Å². The molecule has 1 nitrogen and oxygen atoms in total. The summed E-state index contributed by atoms with van der Waals surface area (Å²) in [5.41, 5.74) is 9.57. The van der Waals surface area contributed by atoms with Crippen molar-refractivity contribution in [2.24, 2.45) is 17.6 Å². The van der Waals surface area contributed by atoms with Gasteiger partial charge in [-0.15, -0.1) is 0 Å². The van der Waals surface area contributed by atoms with E-state index in [0.29, 0.717) is 0 Å². The molecule has 0 amide bonds. The van der Waals surface area contributed by atoms with Crippen LogP contribution in [0.3, 0.4) is 0 Å². The van der Waals surface area contributed by atoms with Gasteiger partial charge in [-0.3, -0.25) is 0 Å². The third-order valence-corrected chi connectivity index (χ3v) is 5.01. The molecule has 1 aromatic rings. The third kappa shape index (κ3) is 3.82. The molecule has 106 valence electrons. The summed E-state index contributed by atoms with van der Waals surface area (Å²) in [4.78, 5) is 0. The van der Waals surface area contributed by atoms with Crippen LogP contribution >= 0.6 is 0 Å². The van der Waals surface area contributed by atoms with Gasteiger partial charge in [-0.1, -0.05) is 51.0 Å². The van der Waals surface area contributed by atoms with Crippen LogP contribution in [0.25, 0.3) is 0 Å². The predicted octanol–water partition coefficient (Wildman–Crippen LogP) is 4.47. The molecule has 1 saturated carbocycles. The Balaban J connectivity index is 2.05. The Hall–Kier alpha value is -0.820. The summed E-state index contributed by atoms with van der Waals surface area (Å²) in [6, 6.07) is 8.70. The highest BCUT2D eigenvalue weighted by Crippen LogP contribution is 2.34. The summed E-state index contributed by atoms with van der Waals surface area (Å²) < 4.78 is 0. The molecule has 0 bridgehead atoms. The van der Waals surface area contributed by atoms with E-state index >= 15 is 0 Å². The highest BCUT2D eigenvalue weighted by Gasteiger charge is 2.30. The van der Waals surface area contributed by atoms with E-state index in [4.69, 9.17) is 5.73 Å². The minimum absolute atomic E-state index is 0.0236. The molecular formula is C18H29N. The van der Waals surface area contributed by atoms with Crippen LogP contribution in [0.4, 0.5) is 0 Å². The van der Waals surface area contributed by atoms with Crippen LogP contribution in [-0.2, 0) is 6.42 Å². The molecule has 1 aliphatic rings. The van der Waals surface area contributed by atoms with Crippen LogP contribution in [0, 0.1) is 18.8 Å². The fourth-order valence-corrected chi connectivity index (χ4v) is 3.49. The molecule has 2 N–H and O–H groups in total. The molecule has 0 spiro atoms. The predicted molar refractivity (Wildman–Crippen MR) is 83.2 cm³/mol. The maximum atomic E-state index is 6.72. The summed E-state index contributed by atoms with van der Waals surface area (Å²) in [5, 5.41) is 0. The molecule has 2 rings (SSSR count). The first kappa shape index (κ1) is 14.6. The second kappa shape index (κ2) is 6.09. The minimum Gasteiger partial charge on any atom is -0.325 e. The lowest BCUT2D eigenvalue weighted by Gasteiger charge is -2.29. The highest BCUT2D eigenvalue weighted by atomic mass is 14.7. The van der Waals surface area contributed by atoms with Crippen LogP contribution < -0.4 is 5.73 Å². The smallest absolute Gasteiger partial charge is 0.0195 e. The van der Waals surface area contributed by atoms with Crippen molar-refractivity contribution >= 4 is 0 Å². The van der Waals surface area contributed by atoms with Gasteiger partial charge in [-0.05, 0) is 55.6 Å². The molecule has 2 unspecified atom stereocenters. The Kier molecular flexibility index (Phi) is 4.67. The molecule has 0 heterocycles. The van der Waals surface area contributed by atoms with Gasteiger partial charge in [0, 0.05) is 5.54 Å². The lowest BCUT2D eigenvalue weighted by Crippen LogP contribution is -2.41. The van der Waals surface area contributed by atoms with E-state index in [1.807, 2.05) is 0 Å². The Morgan fingerprint density at radius 3 is 2.63 bits per heavy atom. The Bertz CT molecular complexity index is 410. The zero-order valence-corrected chi connectivity index (χ0v) is 12.8. The maximum Gasteiger partial charge on any atom is 0.0195 e. The number of hydrogen-bond donors (Lipinski definition) is 1. The molecule has 1 heteroatoms. The first-order valence-electron chi connectivity index (χ1n) is 7.83. The van der Waals surface area contributed by atoms with Crippen molar-refractivity contribution in [1.82, 2.24) is 0 Å². The summed E-state index contributed by atoms with van der Waals surface area (Å²) in [7, 11) is 0. The van der Waals surface area contributed by atoms with Crippen LogP contribution in [0.5, 0.6) is 0 Å². The molecule has 0 radical (unpaired) electrons. The number of rotatable bonds is 3. The Morgan fingerprint density at radius 1 is 1.21 bits per heavy atom. The molecule has 0 aliphatic heterocycles. The second-order valence-corrected chi connectivity index (χ2v) is 6.90. The normalized spacial score (nSPS) is 28.4. The van der Waals surface area contributed by atoms with Crippen molar-refractivity contribution < 1.29 is 0 Å². The van der Waals surface area contributed by atoms with Crippen molar-refractivity contribution in [3.05, 3.63) is 35.4 Å². The van der Waals surface area contributed by atoms with Gasteiger partial charge >= 0.3 is 0 Å². The van der Waals surface area contributed by atoms with Crippen LogP contribution in [0.15, 0.2) is 24.3 Å². The monoisotopic (exact) mass is 259 g/mol. The first-order valence-corrected chi connectivity index (χ1v) is 7.83. The Morgan fingerprint density at radius 2 is 1.95 bits per heavy atom. The summed E-state index contributed by atoms with van der Waals surface area (Å²) in [6.45, 7) is 6.91. The zero-order chi connectivity index (χ0) is 13.9. The quantitative estimate of drug-likeness (QED) is 0.796. The lowest BCUT2D eigenvalue weighted by atomic mass is 9.82. The van der Waals surface area contributed by atoms with Crippen LogP contribution in [-0.4, -0.2) is 5.54 Å². The highest BCUT2D eigenvalue weighted by molar-refractivity contribution is 5.27. The van der Waals surface area contributed by atoms with Gasteiger partial charge in [0.25, 0.3) is 0 Å². The lowest BCUT2D eigenvalue weighted by molar-refractivity contribution is 0.321. The largest absolute Gasteiger partial charge is 0.325 e. The van der Waals surface area contributed by atoms with E-state index in [1.54, 1.807) is 0 Å². The summed E-state index contributed by atoms with van der Waals surface area (Å²) >= 11 is 0. The van der Waals surface area contributed by atoms with E-state index in [9.17, 15) is 0 Å². The van der Waals surface area contributed by atoms with Gasteiger partial charge in [0.1, 0.15) is 0 Å². The van der Waals surface area contributed by atoms with E-state index < -0.39 is 0 Å². The molecular weight excluding hydrogens is 230 g/mol. The van der Waals surface area contributed by atoms with Crippen molar-refractivity contribution in [3.63, 3.8) is 0 Å². The minimum atomic E-state index is 0.0236. The molecule has 19 heavy (non-hydrogen) atoms. The average molecular weight is 259 g/mol. The molecule has 1 aliphatic carbocycles. The van der Waals surface area contributed by atoms with E-state index in [-0.39, 0.29) is 5.54 Å². The molecule has 0 aromatic heterocycles. The van der Waals surface area contributed by atoms with Gasteiger partial charge in [0.15, 0.2) is 0 Å². The molecule has 0 saturated heterocycles. The van der Waals surface area contributed by atoms with Crippen molar-refractivity contribution in [2.75, 3.05) is 0 Å². The van der Waals surface area contributed by atoms with E-state index in [1.165, 1.54) is 43.2 Å². The van der Waals surface area contributed by atoms with Gasteiger partial charge < -0.3 is 5.73 Å². The van der Waals surface area contributed by atoms with Gasteiger partial charge in [0.2, 0.25) is 0 Å². The van der Waals surface area contributed by atoms with Gasteiger partial charge in [-0.25, -0.2) is 0 Å². The number of hydrogen-bond acceptors (Lipinski definition) is 1. The summed E-state index contributed by atoms with van der Waals surface area (Å²) in [5.74, 6) is 1.68. The topological polar surface area (TPSA) is 26.0 Å². The SMILES string of the molecule is Cc1ccccc1CC1(N)CCCC(C(C)C)CC1. The maximum absolute atomic E-state index is 6.72.